The molecule has 1 N–H and O–H groups in total. The molecule has 0 saturated heterocycles. The maximum absolute atomic E-state index is 11.8. The van der Waals surface area contributed by atoms with E-state index in [-0.39, 0.29) is 5.97 Å². The van der Waals surface area contributed by atoms with Crippen LogP contribution in [-0.2, 0) is 4.74 Å². The van der Waals surface area contributed by atoms with E-state index in [1.54, 1.807) is 0 Å². The zero-order valence-electron chi connectivity index (χ0n) is 11.7. The Morgan fingerprint density at radius 3 is 2.58 bits per heavy atom. The summed E-state index contributed by atoms with van der Waals surface area (Å²) in [7, 11) is 0. The van der Waals surface area contributed by atoms with Crippen LogP contribution in [0.2, 0.25) is 0 Å². The van der Waals surface area contributed by atoms with Gasteiger partial charge < -0.3 is 10.1 Å². The Bertz CT molecular complexity index is 394. The minimum Gasteiger partial charge on any atom is -0.461 e. The minimum absolute atomic E-state index is 0.231. The summed E-state index contributed by atoms with van der Waals surface area (Å²) in [6.45, 7) is 3.20. The van der Waals surface area contributed by atoms with Crippen LogP contribution in [0.1, 0.15) is 48.0 Å². The third-order valence-corrected chi connectivity index (χ3v) is 3.66. The van der Waals surface area contributed by atoms with Crippen LogP contribution in [0.25, 0.3) is 0 Å². The first-order chi connectivity index (χ1) is 9.25. The second-order valence-corrected chi connectivity index (χ2v) is 5.29. The highest BCUT2D eigenvalue weighted by atomic mass is 16.5. The molecule has 1 saturated carbocycles. The van der Waals surface area contributed by atoms with Gasteiger partial charge >= 0.3 is 5.97 Å². The van der Waals surface area contributed by atoms with Crippen molar-refractivity contribution >= 4 is 5.97 Å². The number of hydrogen-bond acceptors (Lipinski definition) is 3. The molecule has 1 aliphatic rings. The predicted molar refractivity (Wildman–Crippen MR) is 76.3 cm³/mol. The van der Waals surface area contributed by atoms with E-state index in [2.05, 4.69) is 5.32 Å². The molecule has 0 spiro atoms. The van der Waals surface area contributed by atoms with Crippen LogP contribution in [0.3, 0.4) is 0 Å². The van der Waals surface area contributed by atoms with Gasteiger partial charge in [0.25, 0.3) is 0 Å². The molecule has 0 unspecified atom stereocenters. The lowest BCUT2D eigenvalue weighted by molar-refractivity contribution is 0.0504. The lowest BCUT2D eigenvalue weighted by atomic mass is 9.96. The van der Waals surface area contributed by atoms with Gasteiger partial charge in [-0.3, -0.25) is 0 Å². The van der Waals surface area contributed by atoms with Gasteiger partial charge in [-0.2, -0.15) is 0 Å². The van der Waals surface area contributed by atoms with Crippen LogP contribution in [0.5, 0.6) is 0 Å². The van der Waals surface area contributed by atoms with Crippen molar-refractivity contribution in [3.63, 3.8) is 0 Å². The molecule has 0 bridgehead atoms. The summed E-state index contributed by atoms with van der Waals surface area (Å²) in [6.07, 6.45) is 6.51. The summed E-state index contributed by atoms with van der Waals surface area (Å²) in [4.78, 5) is 11.8. The summed E-state index contributed by atoms with van der Waals surface area (Å²) in [6, 6.07) is 8.10. The van der Waals surface area contributed by atoms with E-state index in [0.717, 1.165) is 12.1 Å². The summed E-state index contributed by atoms with van der Waals surface area (Å²) in [5.74, 6) is -0.231. The van der Waals surface area contributed by atoms with Gasteiger partial charge in [0.1, 0.15) is 6.61 Å². The number of hydrogen-bond donors (Lipinski definition) is 1. The second kappa shape index (κ2) is 7.29. The number of aryl methyl sites for hydroxylation is 1. The fourth-order valence-corrected chi connectivity index (χ4v) is 2.49. The largest absolute Gasteiger partial charge is 0.461 e. The molecule has 3 nitrogen and oxygen atoms in total. The fourth-order valence-electron chi connectivity index (χ4n) is 2.49. The Morgan fingerprint density at radius 1 is 1.21 bits per heavy atom. The lowest BCUT2D eigenvalue weighted by Crippen LogP contribution is -2.33. The van der Waals surface area contributed by atoms with Gasteiger partial charge in [0.05, 0.1) is 5.56 Å². The minimum atomic E-state index is -0.231. The van der Waals surface area contributed by atoms with Crippen molar-refractivity contribution in [2.45, 2.75) is 45.1 Å². The summed E-state index contributed by atoms with van der Waals surface area (Å²) in [5.41, 5.74) is 1.78. The van der Waals surface area contributed by atoms with Gasteiger partial charge in [-0.15, -0.1) is 0 Å². The van der Waals surface area contributed by atoms with E-state index < -0.39 is 0 Å². The molecule has 3 heteroatoms. The Hall–Kier alpha value is -1.35. The maximum Gasteiger partial charge on any atom is 0.338 e. The third-order valence-electron chi connectivity index (χ3n) is 3.66. The van der Waals surface area contributed by atoms with E-state index >= 15 is 0 Å². The highest BCUT2D eigenvalue weighted by molar-refractivity contribution is 5.89. The van der Waals surface area contributed by atoms with E-state index in [1.165, 1.54) is 32.1 Å². The number of carbonyl (C=O) groups is 1. The van der Waals surface area contributed by atoms with Gasteiger partial charge in [-0.1, -0.05) is 37.0 Å². The van der Waals surface area contributed by atoms with Gasteiger partial charge in [0, 0.05) is 12.6 Å². The van der Waals surface area contributed by atoms with Gasteiger partial charge in [0.15, 0.2) is 0 Å². The van der Waals surface area contributed by atoms with Gasteiger partial charge in [0.2, 0.25) is 0 Å². The van der Waals surface area contributed by atoms with Crippen molar-refractivity contribution in [1.29, 1.82) is 0 Å². The standard InChI is InChI=1S/C16H23NO2/c1-13-7-9-14(10-8-13)16(18)19-12-11-17-15-5-3-2-4-6-15/h7-10,15,17H,2-6,11-12H2,1H3. The number of nitrogens with one attached hydrogen (secondary N) is 1. The Balaban J connectivity index is 1.64. The topological polar surface area (TPSA) is 38.3 Å². The van der Waals surface area contributed by atoms with Crippen LogP contribution in [-0.4, -0.2) is 25.2 Å². The van der Waals surface area contributed by atoms with Crippen LogP contribution < -0.4 is 5.32 Å². The van der Waals surface area contributed by atoms with Crippen LogP contribution >= 0.6 is 0 Å². The summed E-state index contributed by atoms with van der Waals surface area (Å²) in [5, 5.41) is 3.46. The first kappa shape index (κ1) is 14.1. The van der Waals surface area contributed by atoms with Gasteiger partial charge in [-0.05, 0) is 31.9 Å². The first-order valence-corrected chi connectivity index (χ1v) is 7.23. The van der Waals surface area contributed by atoms with Crippen molar-refractivity contribution in [3.05, 3.63) is 35.4 Å². The molecule has 1 aromatic rings. The van der Waals surface area contributed by atoms with Crippen LogP contribution in [0, 0.1) is 6.92 Å². The average molecular weight is 261 g/mol. The monoisotopic (exact) mass is 261 g/mol. The van der Waals surface area contributed by atoms with Crippen molar-refractivity contribution in [3.8, 4) is 0 Å². The molecule has 2 rings (SSSR count). The van der Waals surface area contributed by atoms with E-state index in [9.17, 15) is 4.79 Å². The smallest absolute Gasteiger partial charge is 0.338 e. The van der Waals surface area contributed by atoms with E-state index in [1.807, 2.05) is 31.2 Å². The predicted octanol–water partition coefficient (Wildman–Crippen LogP) is 3.07. The van der Waals surface area contributed by atoms with Crippen molar-refractivity contribution < 1.29 is 9.53 Å². The molecule has 0 aromatic heterocycles. The molecular weight excluding hydrogens is 238 g/mol. The molecule has 1 aromatic carbocycles. The molecule has 0 aliphatic heterocycles. The molecular formula is C16H23NO2. The molecule has 0 radical (unpaired) electrons. The molecule has 104 valence electrons. The SMILES string of the molecule is Cc1ccc(C(=O)OCCNC2CCCCC2)cc1. The number of carbonyl (C=O) groups excluding carboxylic acids is 1. The Morgan fingerprint density at radius 2 is 1.89 bits per heavy atom. The first-order valence-electron chi connectivity index (χ1n) is 7.23. The number of benzene rings is 1. The zero-order chi connectivity index (χ0) is 13.5. The highest BCUT2D eigenvalue weighted by Crippen LogP contribution is 2.17. The van der Waals surface area contributed by atoms with Crippen molar-refractivity contribution in [2.75, 3.05) is 13.2 Å². The maximum atomic E-state index is 11.8. The fraction of sp³-hybridized carbons (Fsp3) is 0.562. The number of rotatable bonds is 5. The van der Waals surface area contributed by atoms with Gasteiger partial charge in [-0.25, -0.2) is 4.79 Å². The van der Waals surface area contributed by atoms with E-state index in [0.29, 0.717) is 18.2 Å². The second-order valence-electron chi connectivity index (χ2n) is 5.29. The van der Waals surface area contributed by atoms with Crippen molar-refractivity contribution in [2.24, 2.45) is 0 Å². The number of esters is 1. The van der Waals surface area contributed by atoms with E-state index in [4.69, 9.17) is 4.74 Å². The molecule has 19 heavy (non-hydrogen) atoms. The molecule has 1 fully saturated rings. The van der Waals surface area contributed by atoms with Crippen LogP contribution in [0.15, 0.2) is 24.3 Å². The Labute approximate surface area is 115 Å². The molecule has 0 atom stereocenters. The zero-order valence-corrected chi connectivity index (χ0v) is 11.7. The van der Waals surface area contributed by atoms with Crippen molar-refractivity contribution in [1.82, 2.24) is 5.32 Å². The molecule has 0 amide bonds. The summed E-state index contributed by atoms with van der Waals surface area (Å²) < 4.78 is 5.26. The molecule has 1 aliphatic carbocycles. The highest BCUT2D eigenvalue weighted by Gasteiger charge is 2.12. The number of ether oxygens (including phenoxy) is 1. The third kappa shape index (κ3) is 4.67. The lowest BCUT2D eigenvalue weighted by Gasteiger charge is -2.22. The molecule has 0 heterocycles. The van der Waals surface area contributed by atoms with Crippen LogP contribution in [0.4, 0.5) is 0 Å². The average Bonchev–Trinajstić information content (AvgIpc) is 2.45. The normalized spacial score (nSPS) is 16.3. The quantitative estimate of drug-likeness (QED) is 0.654. The summed E-state index contributed by atoms with van der Waals surface area (Å²) >= 11 is 0. The Kier molecular flexibility index (Phi) is 5.40.